The number of carboxylic acids is 1. The second kappa shape index (κ2) is 10.4. The fourth-order valence-electron chi connectivity index (χ4n) is 2.78. The van der Waals surface area contributed by atoms with Crippen molar-refractivity contribution in [3.05, 3.63) is 71.4 Å². The molecular weight excluding hydrogens is 414 g/mol. The third-order valence-electron chi connectivity index (χ3n) is 4.23. The summed E-state index contributed by atoms with van der Waals surface area (Å²) in [6.07, 6.45) is 0.862. The van der Waals surface area contributed by atoms with Crippen LogP contribution in [0.2, 0.25) is 0 Å². The van der Waals surface area contributed by atoms with E-state index >= 15 is 0 Å². The monoisotopic (exact) mass is 437 g/mol. The second-order valence-electron chi connectivity index (χ2n) is 7.03. The van der Waals surface area contributed by atoms with E-state index in [0.717, 1.165) is 11.8 Å². The number of amides is 1. The number of rotatable bonds is 9. The summed E-state index contributed by atoms with van der Waals surface area (Å²) >= 11 is 0. The lowest BCUT2D eigenvalue weighted by molar-refractivity contribution is 0.0696. The number of nitrogens with zero attached hydrogens (tertiary/aromatic N) is 2. The minimum absolute atomic E-state index is 0.0172. The highest BCUT2D eigenvalue weighted by Gasteiger charge is 2.15. The number of hydrogen-bond donors (Lipinski definition) is 2. The molecule has 0 bridgehead atoms. The number of aromatic carboxylic acids is 1. The Morgan fingerprint density at radius 3 is 2.53 bits per heavy atom. The lowest BCUT2D eigenvalue weighted by Gasteiger charge is -2.15. The van der Waals surface area contributed by atoms with Gasteiger partial charge >= 0.3 is 5.97 Å². The molecule has 0 radical (unpaired) electrons. The van der Waals surface area contributed by atoms with Crippen LogP contribution >= 0.6 is 0 Å². The predicted octanol–water partition coefficient (Wildman–Crippen LogP) is 3.94. The molecule has 9 nitrogen and oxygen atoms in total. The highest BCUT2D eigenvalue weighted by Crippen LogP contribution is 2.25. The Bertz CT molecular complexity index is 1100. The summed E-state index contributed by atoms with van der Waals surface area (Å²) in [5, 5.41) is 11.6. The maximum Gasteiger partial charge on any atom is 0.337 e. The summed E-state index contributed by atoms with van der Waals surface area (Å²) < 4.78 is 16.7. The van der Waals surface area contributed by atoms with E-state index in [-0.39, 0.29) is 34.8 Å². The molecule has 0 aliphatic heterocycles. The number of methoxy groups -OCH3 is 1. The topological polar surface area (TPSA) is 120 Å². The fraction of sp³-hybridized carbons (Fsp3) is 0.217. The Morgan fingerprint density at radius 2 is 1.88 bits per heavy atom. The number of hydrogen-bond acceptors (Lipinski definition) is 7. The van der Waals surface area contributed by atoms with E-state index in [4.69, 9.17) is 19.3 Å². The quantitative estimate of drug-likeness (QED) is 0.516. The van der Waals surface area contributed by atoms with Crippen molar-refractivity contribution in [2.75, 3.05) is 19.0 Å². The van der Waals surface area contributed by atoms with E-state index < -0.39 is 11.9 Å². The van der Waals surface area contributed by atoms with E-state index in [1.165, 1.54) is 24.3 Å². The van der Waals surface area contributed by atoms with Gasteiger partial charge in [0.1, 0.15) is 17.7 Å². The van der Waals surface area contributed by atoms with Crippen LogP contribution in [0.1, 0.15) is 33.2 Å². The summed E-state index contributed by atoms with van der Waals surface area (Å²) in [5.74, 6) is -0.447. The maximum atomic E-state index is 12.8. The summed E-state index contributed by atoms with van der Waals surface area (Å²) in [5.41, 5.74) is 1.26. The number of aromatic nitrogens is 2. The van der Waals surface area contributed by atoms with E-state index in [9.17, 15) is 9.59 Å². The molecule has 0 saturated heterocycles. The lowest BCUT2D eigenvalue weighted by atomic mass is 10.2. The van der Waals surface area contributed by atoms with Crippen LogP contribution in [-0.2, 0) is 4.74 Å². The van der Waals surface area contributed by atoms with Crippen molar-refractivity contribution in [1.82, 2.24) is 9.97 Å². The van der Waals surface area contributed by atoms with Gasteiger partial charge in [-0.05, 0) is 43.7 Å². The molecule has 2 aromatic heterocycles. The van der Waals surface area contributed by atoms with E-state index in [1.807, 2.05) is 32.0 Å². The highest BCUT2D eigenvalue weighted by atomic mass is 16.5. The smallest absolute Gasteiger partial charge is 0.337 e. The molecule has 1 amide bonds. The standard InChI is InChI=1S/C23H23N3O6/c1-14-5-4-6-18(9-14)32-21-11-17(10-20(26-21)31-15(2)13-30-3)22(27)25-19-8-7-16(12-24-19)23(28)29/h4-12,15H,13H2,1-3H3,(H,28,29)(H,24,25,27)/t15-/m1/s1. The SMILES string of the molecule is COC[C@@H](C)Oc1cc(C(=O)Nc2ccc(C(=O)O)cn2)cc(Oc2cccc(C)c2)n1. The van der Waals surface area contributed by atoms with Gasteiger partial charge in [-0.25, -0.2) is 9.78 Å². The Labute approximate surface area is 185 Å². The first-order chi connectivity index (χ1) is 15.3. The summed E-state index contributed by atoms with van der Waals surface area (Å²) in [4.78, 5) is 32.1. The predicted molar refractivity (Wildman–Crippen MR) is 117 cm³/mol. The zero-order valence-electron chi connectivity index (χ0n) is 17.9. The van der Waals surface area contributed by atoms with Gasteiger partial charge in [0.15, 0.2) is 0 Å². The fourth-order valence-corrected chi connectivity index (χ4v) is 2.78. The Balaban J connectivity index is 1.86. The molecule has 0 unspecified atom stereocenters. The lowest BCUT2D eigenvalue weighted by Crippen LogP contribution is -2.19. The molecule has 2 N–H and O–H groups in total. The molecule has 0 fully saturated rings. The number of nitrogens with one attached hydrogen (secondary N) is 1. The second-order valence-corrected chi connectivity index (χ2v) is 7.03. The van der Waals surface area contributed by atoms with Gasteiger partial charge in [0.05, 0.1) is 17.7 Å². The Morgan fingerprint density at radius 1 is 1.09 bits per heavy atom. The summed E-state index contributed by atoms with van der Waals surface area (Å²) in [6, 6.07) is 13.1. The van der Waals surface area contributed by atoms with Crippen molar-refractivity contribution in [2.45, 2.75) is 20.0 Å². The first-order valence-electron chi connectivity index (χ1n) is 9.77. The normalized spacial score (nSPS) is 11.5. The van der Waals surface area contributed by atoms with Crippen LogP contribution in [0.15, 0.2) is 54.7 Å². The van der Waals surface area contributed by atoms with Crippen molar-refractivity contribution >= 4 is 17.7 Å². The number of benzene rings is 1. The van der Waals surface area contributed by atoms with E-state index in [1.54, 1.807) is 13.2 Å². The number of aryl methyl sites for hydroxylation is 1. The van der Waals surface area contributed by atoms with Gasteiger partial charge in [-0.1, -0.05) is 12.1 Å². The van der Waals surface area contributed by atoms with Gasteiger partial charge in [0.2, 0.25) is 11.8 Å². The van der Waals surface area contributed by atoms with Gasteiger partial charge in [0.25, 0.3) is 5.91 Å². The van der Waals surface area contributed by atoms with Crippen molar-refractivity contribution in [3.8, 4) is 17.5 Å². The molecule has 3 aromatic rings. The Kier molecular flexibility index (Phi) is 7.35. The molecule has 3 rings (SSSR count). The number of pyridine rings is 2. The molecular formula is C23H23N3O6. The molecule has 1 atom stereocenters. The van der Waals surface area contributed by atoms with Gasteiger partial charge in [0, 0.05) is 25.4 Å². The number of anilines is 1. The van der Waals surface area contributed by atoms with Crippen LogP contribution in [0.5, 0.6) is 17.5 Å². The van der Waals surface area contributed by atoms with Crippen LogP contribution in [0.25, 0.3) is 0 Å². The van der Waals surface area contributed by atoms with Crippen molar-refractivity contribution < 1.29 is 28.9 Å². The van der Waals surface area contributed by atoms with E-state index in [0.29, 0.717) is 12.4 Å². The van der Waals surface area contributed by atoms with Crippen LogP contribution in [0.3, 0.4) is 0 Å². The molecule has 1 aromatic carbocycles. The third-order valence-corrected chi connectivity index (χ3v) is 4.23. The van der Waals surface area contributed by atoms with Crippen LogP contribution in [-0.4, -0.2) is 46.8 Å². The van der Waals surface area contributed by atoms with Crippen LogP contribution in [0.4, 0.5) is 5.82 Å². The van der Waals surface area contributed by atoms with Crippen molar-refractivity contribution in [1.29, 1.82) is 0 Å². The van der Waals surface area contributed by atoms with Crippen LogP contribution in [0, 0.1) is 6.92 Å². The first kappa shape index (κ1) is 22.7. The number of carbonyl (C=O) groups is 2. The molecule has 0 aliphatic carbocycles. The average molecular weight is 437 g/mol. The van der Waals surface area contributed by atoms with Gasteiger partial charge in [-0.2, -0.15) is 4.98 Å². The summed E-state index contributed by atoms with van der Waals surface area (Å²) in [7, 11) is 1.56. The number of carboxylic acid groups (broad SMARTS) is 1. The largest absolute Gasteiger partial charge is 0.478 e. The minimum Gasteiger partial charge on any atom is -0.478 e. The molecule has 2 heterocycles. The highest BCUT2D eigenvalue weighted by molar-refractivity contribution is 6.04. The molecule has 32 heavy (non-hydrogen) atoms. The van der Waals surface area contributed by atoms with Gasteiger partial charge < -0.3 is 24.6 Å². The van der Waals surface area contributed by atoms with Crippen molar-refractivity contribution in [3.63, 3.8) is 0 Å². The third kappa shape index (κ3) is 6.26. The zero-order valence-corrected chi connectivity index (χ0v) is 17.9. The Hall–Kier alpha value is -3.98. The van der Waals surface area contributed by atoms with Crippen molar-refractivity contribution in [2.24, 2.45) is 0 Å². The first-order valence-corrected chi connectivity index (χ1v) is 9.77. The molecule has 0 spiro atoms. The van der Waals surface area contributed by atoms with E-state index in [2.05, 4.69) is 15.3 Å². The van der Waals surface area contributed by atoms with Crippen LogP contribution < -0.4 is 14.8 Å². The number of carbonyl (C=O) groups excluding carboxylic acids is 1. The maximum absolute atomic E-state index is 12.8. The number of ether oxygens (including phenoxy) is 3. The molecule has 166 valence electrons. The van der Waals surface area contributed by atoms with Gasteiger partial charge in [-0.15, -0.1) is 0 Å². The summed E-state index contributed by atoms with van der Waals surface area (Å²) in [6.45, 7) is 4.09. The minimum atomic E-state index is -1.10. The zero-order chi connectivity index (χ0) is 23.1. The molecule has 0 saturated carbocycles. The molecule has 0 aliphatic rings. The molecule has 9 heteroatoms. The van der Waals surface area contributed by atoms with Gasteiger partial charge in [-0.3, -0.25) is 4.79 Å². The average Bonchev–Trinajstić information content (AvgIpc) is 2.74.